The molecule has 3 aliphatic heterocycles. The summed E-state index contributed by atoms with van der Waals surface area (Å²) >= 11 is 0.250. The van der Waals surface area contributed by atoms with Crippen LogP contribution in [0.5, 0.6) is 0 Å². The first-order chi connectivity index (χ1) is 41.8. The highest BCUT2D eigenvalue weighted by Crippen LogP contribution is 2.50. The van der Waals surface area contributed by atoms with Crippen molar-refractivity contribution in [1.29, 1.82) is 0 Å². The van der Waals surface area contributed by atoms with Gasteiger partial charge in [-0.1, -0.05) is 0 Å². The number of esters is 3. The van der Waals surface area contributed by atoms with Crippen LogP contribution >= 0.6 is 12.1 Å². The van der Waals surface area contributed by atoms with Crippen molar-refractivity contribution in [3.8, 4) is 0 Å². The molecule has 3 aliphatic carbocycles. The minimum Gasteiger partial charge on any atom is -0.459 e. The van der Waals surface area contributed by atoms with Gasteiger partial charge in [-0.05, 0) is 135 Å². The molecule has 3 heterocycles. The summed E-state index contributed by atoms with van der Waals surface area (Å²) in [5.74, 6) is -7.10. The zero-order valence-electron chi connectivity index (χ0n) is 51.4. The van der Waals surface area contributed by atoms with Crippen LogP contribution in [0.25, 0.3) is 0 Å². The lowest BCUT2D eigenvalue weighted by atomic mass is 9.94. The van der Waals surface area contributed by atoms with Gasteiger partial charge in [0.25, 0.3) is 17.7 Å². The fraction of sp³-hybridized carbons (Fsp3) is 0.483. The van der Waals surface area contributed by atoms with E-state index in [0.717, 1.165) is 18.2 Å². The number of anilines is 3. The molecule has 3 fully saturated rings. The van der Waals surface area contributed by atoms with Gasteiger partial charge < -0.3 is 60.3 Å². The van der Waals surface area contributed by atoms with Crippen LogP contribution in [0, 0.1) is 17.5 Å². The van der Waals surface area contributed by atoms with Crippen molar-refractivity contribution in [2.75, 3.05) is 63.0 Å². The maximum atomic E-state index is 14.9. The number of amides is 12. The first-order valence-corrected chi connectivity index (χ1v) is 28.8. The first-order valence-electron chi connectivity index (χ1n) is 27.7. The van der Waals surface area contributed by atoms with Gasteiger partial charge in [-0.3, -0.25) is 28.8 Å². The molecule has 0 bridgehead atoms. The molecule has 9 rings (SSSR count). The highest BCUT2D eigenvalue weighted by Gasteiger charge is 2.62. The summed E-state index contributed by atoms with van der Waals surface area (Å²) in [6, 6.07) is 6.17. The molecule has 1 unspecified atom stereocenters. The minimum atomic E-state index is -1.82. The van der Waals surface area contributed by atoms with Gasteiger partial charge in [0.05, 0.1) is 0 Å². The quantitative estimate of drug-likeness (QED) is 0.0692. The van der Waals surface area contributed by atoms with Crippen molar-refractivity contribution in [2.24, 2.45) is 0 Å². The van der Waals surface area contributed by atoms with E-state index >= 15 is 0 Å². The average molecular weight is 1290 g/mol. The van der Waals surface area contributed by atoms with Crippen LogP contribution in [0.3, 0.4) is 0 Å². The average Bonchev–Trinajstić information content (AvgIpc) is 1.59. The number of hydrogen-bond acceptors (Lipinski definition) is 19. The van der Waals surface area contributed by atoms with Gasteiger partial charge in [0.15, 0.2) is 0 Å². The van der Waals surface area contributed by atoms with Crippen molar-refractivity contribution < 1.29 is 103 Å². The summed E-state index contributed by atoms with van der Waals surface area (Å²) in [6.07, 6.45) is -0.811. The number of aryl methyl sites for hydroxylation is 3. The Balaban J connectivity index is 0.000000210. The van der Waals surface area contributed by atoms with Gasteiger partial charge in [0.2, 0.25) is 16.8 Å². The Kier molecular flexibility index (Phi) is 20.8. The van der Waals surface area contributed by atoms with E-state index in [4.69, 9.17) is 28.4 Å². The van der Waals surface area contributed by atoms with E-state index in [1.54, 1.807) is 62.3 Å². The monoisotopic (exact) mass is 1290 g/mol. The number of halogens is 4. The zero-order valence-corrected chi connectivity index (χ0v) is 52.3. The summed E-state index contributed by atoms with van der Waals surface area (Å²) in [5, 5.41) is 14.5. The van der Waals surface area contributed by atoms with Gasteiger partial charge in [-0.2, -0.15) is 3.89 Å². The molecule has 0 saturated carbocycles. The molecule has 27 nitrogen and oxygen atoms in total. The second-order valence-corrected chi connectivity index (χ2v) is 24.1. The Morgan fingerprint density at radius 1 is 0.467 bits per heavy atom. The fourth-order valence-electron chi connectivity index (χ4n) is 10.6. The number of hydrogen-bond donors (Lipinski definition) is 6. The number of benzene rings is 3. The Labute approximate surface area is 517 Å². The third-order valence-electron chi connectivity index (χ3n) is 13.8. The van der Waals surface area contributed by atoms with E-state index in [0.29, 0.717) is 31.4 Å². The number of carbonyl (C=O) groups is 12. The van der Waals surface area contributed by atoms with E-state index in [9.17, 15) is 74.6 Å². The molecule has 0 aromatic heterocycles. The van der Waals surface area contributed by atoms with E-state index < -0.39 is 143 Å². The largest absolute Gasteiger partial charge is 0.459 e. The number of nitrogens with one attached hydrogen (secondary N) is 6. The van der Waals surface area contributed by atoms with Crippen LogP contribution in [0.4, 0.5) is 62.9 Å². The number of imide groups is 3. The smallest absolute Gasteiger partial charge is 0.418 e. The van der Waals surface area contributed by atoms with Gasteiger partial charge in [-0.25, -0.2) is 56.6 Å². The maximum Gasteiger partial charge on any atom is 0.418 e. The lowest BCUT2D eigenvalue weighted by Gasteiger charge is -2.22. The number of fused-ring (bicyclic) bond motifs is 6. The highest BCUT2D eigenvalue weighted by molar-refractivity contribution is 7.93. The van der Waals surface area contributed by atoms with Crippen molar-refractivity contribution in [2.45, 2.75) is 134 Å². The Hall–Kier alpha value is -9.23. The standard InChI is InChI=1S/3C19H22FN3O6.CH3FS/c3*1-18(2,3)28-13(24)9-23-15(25)19(29-17(23)27)6-5-10-7-11(22-16(26)21-4)8-12(20)14(10)19;1-3-2/h3*7-8H,5-6,9H2,1-4H3,(H2,21,22,26);1H3/t2*19-;;/m10../s1. The number of nitrogens with zero attached hydrogens (tertiary/aromatic N) is 3. The summed E-state index contributed by atoms with van der Waals surface area (Å²) < 4.78 is 86.2. The topological polar surface area (TPSA) is 342 Å². The number of ether oxygens (including phenoxy) is 6. The molecule has 3 aromatic rings. The zero-order chi connectivity index (χ0) is 67.4. The fourth-order valence-corrected chi connectivity index (χ4v) is 10.6. The molecule has 3 aromatic carbocycles. The van der Waals surface area contributed by atoms with E-state index in [-0.39, 0.29) is 84.4 Å². The van der Waals surface area contributed by atoms with Crippen molar-refractivity contribution in [3.05, 3.63) is 87.2 Å². The van der Waals surface area contributed by atoms with E-state index in [1.807, 2.05) is 0 Å². The van der Waals surface area contributed by atoms with Crippen LogP contribution < -0.4 is 31.9 Å². The molecule has 488 valence electrons. The second kappa shape index (κ2) is 26.9. The molecular weight excluding hydrogens is 1220 g/mol. The van der Waals surface area contributed by atoms with Crippen LogP contribution in [0.15, 0.2) is 36.4 Å². The summed E-state index contributed by atoms with van der Waals surface area (Å²) in [7, 11) is 4.26. The lowest BCUT2D eigenvalue weighted by molar-refractivity contribution is -0.158. The van der Waals surface area contributed by atoms with Crippen LogP contribution in [0.1, 0.15) is 115 Å². The molecule has 12 amide bonds. The Bertz CT molecular complexity index is 3110. The van der Waals surface area contributed by atoms with Crippen molar-refractivity contribution >= 4 is 101 Å². The number of urea groups is 3. The van der Waals surface area contributed by atoms with E-state index in [1.165, 1.54) is 45.6 Å². The summed E-state index contributed by atoms with van der Waals surface area (Å²) in [5.41, 5.74) is -6.02. The van der Waals surface area contributed by atoms with Crippen LogP contribution in [0.2, 0.25) is 0 Å². The van der Waals surface area contributed by atoms with Gasteiger partial charge in [-0.15, -0.1) is 0 Å². The second-order valence-electron chi connectivity index (χ2n) is 23.8. The van der Waals surface area contributed by atoms with E-state index in [2.05, 4.69) is 31.9 Å². The molecule has 6 aliphatic rings. The Morgan fingerprint density at radius 3 is 0.889 bits per heavy atom. The van der Waals surface area contributed by atoms with Crippen LogP contribution in [-0.2, 0) is 93.3 Å². The van der Waals surface area contributed by atoms with Crippen LogP contribution in [-0.4, -0.2) is 151 Å². The van der Waals surface area contributed by atoms with Gasteiger partial charge in [0.1, 0.15) is 53.9 Å². The molecule has 6 N–H and O–H groups in total. The lowest BCUT2D eigenvalue weighted by Crippen LogP contribution is -2.41. The van der Waals surface area contributed by atoms with Crippen molar-refractivity contribution in [3.63, 3.8) is 0 Å². The normalized spacial score (nSPS) is 20.0. The Morgan fingerprint density at radius 2 is 0.689 bits per heavy atom. The molecule has 32 heteroatoms. The maximum absolute atomic E-state index is 14.9. The predicted octanol–water partition coefficient (Wildman–Crippen LogP) is 7.35. The third-order valence-corrected chi connectivity index (χ3v) is 13.8. The van der Waals surface area contributed by atoms with Gasteiger partial charge in [0, 0.05) is 92.6 Å². The summed E-state index contributed by atoms with van der Waals surface area (Å²) in [6.45, 7) is 13.0. The number of carbonyl (C=O) groups excluding carboxylic acids is 12. The molecule has 3 saturated heterocycles. The predicted molar refractivity (Wildman–Crippen MR) is 310 cm³/mol. The molecule has 0 radical (unpaired) electrons. The third kappa shape index (κ3) is 15.2. The molecular formula is C58H69F4N9O18S. The molecule has 3 atom stereocenters. The number of rotatable bonds is 9. The summed E-state index contributed by atoms with van der Waals surface area (Å²) in [4.78, 5) is 148. The SMILES string of the molecule is CNC(=O)Nc1cc(F)c2c(c1)CCC21OC(=O)N(CC(=O)OC(C)(C)C)C1=O.CNC(=O)Nc1cc(F)c2c(c1)CC[C@@]21OC(=O)N(CC(=O)OC(C)(C)C)C1=O.CNC(=O)Nc1cc(F)c2c(c1)CC[C@]21OC(=O)N(CC(=O)OC(C)(C)C)C1=O.CSF. The minimum absolute atomic E-state index is 0.0398. The van der Waals surface area contributed by atoms with Gasteiger partial charge >= 0.3 is 54.3 Å². The van der Waals surface area contributed by atoms with Crippen molar-refractivity contribution in [1.82, 2.24) is 30.7 Å². The highest BCUT2D eigenvalue weighted by atomic mass is 32.2. The first kappa shape index (κ1) is 69.9. The molecule has 3 spiro atoms. The molecule has 90 heavy (non-hydrogen) atoms.